The third kappa shape index (κ3) is 3.98. The van der Waals surface area contributed by atoms with Gasteiger partial charge in [0.15, 0.2) is 0 Å². The number of hydrogen-bond donors (Lipinski definition) is 0. The summed E-state index contributed by atoms with van der Waals surface area (Å²) >= 11 is 0. The number of piperidine rings is 1. The van der Waals surface area contributed by atoms with Crippen LogP contribution in [0.2, 0.25) is 0 Å². The van der Waals surface area contributed by atoms with Crippen molar-refractivity contribution < 1.29 is 9.53 Å². The topological polar surface area (TPSA) is 64.4 Å². The molecule has 4 aliphatic rings. The van der Waals surface area contributed by atoms with Gasteiger partial charge >= 0.3 is 5.97 Å². The SMILES string of the molecule is CCOC(=O)Cc1nc2ccccc2n([C@H]2C[C@H]3CC[C@@H](C2)N3C2CC3CCCC(C3)C2)c1=O. The summed E-state index contributed by atoms with van der Waals surface area (Å²) in [5.74, 6) is 1.49. The Labute approximate surface area is 201 Å². The molecule has 3 heterocycles. The average molecular weight is 464 g/mol. The smallest absolute Gasteiger partial charge is 0.312 e. The molecule has 182 valence electrons. The first-order valence-electron chi connectivity index (χ1n) is 13.5. The van der Waals surface area contributed by atoms with Crippen molar-refractivity contribution in [3.63, 3.8) is 0 Å². The van der Waals surface area contributed by atoms with E-state index in [2.05, 4.69) is 9.88 Å². The zero-order valence-electron chi connectivity index (χ0n) is 20.3. The third-order valence-electron chi connectivity index (χ3n) is 9.13. The molecule has 2 aliphatic heterocycles. The molecule has 6 nitrogen and oxygen atoms in total. The van der Waals surface area contributed by atoms with E-state index in [9.17, 15) is 9.59 Å². The number of nitrogens with zero attached hydrogens (tertiary/aromatic N) is 3. The number of benzene rings is 1. The lowest BCUT2D eigenvalue weighted by molar-refractivity contribution is -0.142. The first kappa shape index (κ1) is 22.3. The van der Waals surface area contributed by atoms with E-state index in [1.54, 1.807) is 6.92 Å². The molecule has 1 aromatic carbocycles. The second kappa shape index (κ2) is 9.10. The van der Waals surface area contributed by atoms with Crippen molar-refractivity contribution in [1.82, 2.24) is 14.5 Å². The van der Waals surface area contributed by atoms with E-state index in [-0.39, 0.29) is 24.0 Å². The maximum atomic E-state index is 13.7. The third-order valence-corrected chi connectivity index (χ3v) is 9.13. The van der Waals surface area contributed by atoms with E-state index in [1.165, 1.54) is 51.4 Å². The van der Waals surface area contributed by atoms with Crippen molar-refractivity contribution in [2.45, 2.75) is 102 Å². The van der Waals surface area contributed by atoms with E-state index in [4.69, 9.17) is 4.74 Å². The van der Waals surface area contributed by atoms with E-state index < -0.39 is 0 Å². The molecule has 0 radical (unpaired) electrons. The van der Waals surface area contributed by atoms with Gasteiger partial charge in [0.25, 0.3) is 5.56 Å². The number of ether oxygens (including phenoxy) is 1. The van der Waals surface area contributed by atoms with Gasteiger partial charge in [0.2, 0.25) is 0 Å². The summed E-state index contributed by atoms with van der Waals surface area (Å²) in [6.07, 6.45) is 13.0. The van der Waals surface area contributed by atoms with Crippen LogP contribution in [-0.2, 0) is 16.0 Å². The Morgan fingerprint density at radius 3 is 2.35 bits per heavy atom. The van der Waals surface area contributed by atoms with E-state index in [0.29, 0.717) is 24.4 Å². The van der Waals surface area contributed by atoms with Crippen molar-refractivity contribution in [3.8, 4) is 0 Å². The number of esters is 1. The largest absolute Gasteiger partial charge is 0.466 e. The summed E-state index contributed by atoms with van der Waals surface area (Å²) in [5, 5.41) is 0. The molecule has 0 amide bonds. The molecule has 4 bridgehead atoms. The summed E-state index contributed by atoms with van der Waals surface area (Å²) in [5.41, 5.74) is 1.88. The quantitative estimate of drug-likeness (QED) is 0.605. The first-order valence-corrected chi connectivity index (χ1v) is 13.5. The lowest BCUT2D eigenvalue weighted by Gasteiger charge is -2.49. The molecule has 6 heteroatoms. The van der Waals surface area contributed by atoms with Gasteiger partial charge in [-0.25, -0.2) is 4.98 Å². The molecule has 2 aliphatic carbocycles. The predicted octanol–water partition coefficient (Wildman–Crippen LogP) is 4.64. The Balaban J connectivity index is 1.30. The van der Waals surface area contributed by atoms with Gasteiger partial charge in [0.05, 0.1) is 24.1 Å². The molecule has 4 fully saturated rings. The molecule has 2 saturated heterocycles. The van der Waals surface area contributed by atoms with Gasteiger partial charge in [0.1, 0.15) is 5.69 Å². The van der Waals surface area contributed by atoms with Crippen LogP contribution in [0.5, 0.6) is 0 Å². The number of carbonyl (C=O) groups is 1. The molecular formula is C28H37N3O3. The van der Waals surface area contributed by atoms with Crippen LogP contribution in [0.3, 0.4) is 0 Å². The van der Waals surface area contributed by atoms with Crippen LogP contribution >= 0.6 is 0 Å². The highest BCUT2D eigenvalue weighted by atomic mass is 16.5. The van der Waals surface area contributed by atoms with Crippen molar-refractivity contribution in [3.05, 3.63) is 40.3 Å². The van der Waals surface area contributed by atoms with Crippen molar-refractivity contribution in [2.24, 2.45) is 11.8 Å². The van der Waals surface area contributed by atoms with Gasteiger partial charge in [-0.15, -0.1) is 0 Å². The van der Waals surface area contributed by atoms with Crippen molar-refractivity contribution >= 4 is 17.0 Å². The van der Waals surface area contributed by atoms with Gasteiger partial charge in [-0.3, -0.25) is 14.5 Å². The Morgan fingerprint density at radius 2 is 1.65 bits per heavy atom. The van der Waals surface area contributed by atoms with Crippen LogP contribution in [0, 0.1) is 11.8 Å². The van der Waals surface area contributed by atoms with Crippen LogP contribution < -0.4 is 5.56 Å². The van der Waals surface area contributed by atoms with Crippen molar-refractivity contribution in [1.29, 1.82) is 0 Å². The van der Waals surface area contributed by atoms with Gasteiger partial charge in [0, 0.05) is 24.2 Å². The summed E-state index contributed by atoms with van der Waals surface area (Å²) in [7, 11) is 0. The number of fused-ring (bicyclic) bond motifs is 5. The number of para-hydroxylation sites is 2. The van der Waals surface area contributed by atoms with Gasteiger partial charge < -0.3 is 9.30 Å². The second-order valence-electron chi connectivity index (χ2n) is 11.2. The number of rotatable bonds is 5. The minimum Gasteiger partial charge on any atom is -0.466 e. The zero-order valence-corrected chi connectivity index (χ0v) is 20.3. The monoisotopic (exact) mass is 463 g/mol. The van der Waals surface area contributed by atoms with Gasteiger partial charge in [-0.1, -0.05) is 31.4 Å². The highest BCUT2D eigenvalue weighted by Gasteiger charge is 2.47. The van der Waals surface area contributed by atoms with Crippen LogP contribution in [0.4, 0.5) is 0 Å². The fraction of sp³-hybridized carbons (Fsp3) is 0.679. The molecule has 0 spiro atoms. The summed E-state index contributed by atoms with van der Waals surface area (Å²) in [4.78, 5) is 33.3. The maximum absolute atomic E-state index is 13.7. The Kier molecular flexibility index (Phi) is 5.96. The molecule has 34 heavy (non-hydrogen) atoms. The standard InChI is InChI=1S/C28H37N3O3/c1-2-34-27(32)17-25-28(33)31(26-9-4-3-8-24(26)29-25)23-15-20-10-11-21(16-23)30(20)22-13-18-6-5-7-19(12-18)14-22/h3-4,8-9,18-23H,2,5-7,10-17H2,1H3/t18?,19?,20-,21+,22?,23+. The molecule has 2 aromatic rings. The second-order valence-corrected chi connectivity index (χ2v) is 11.2. The molecule has 2 unspecified atom stereocenters. The van der Waals surface area contributed by atoms with Crippen LogP contribution in [-0.4, -0.2) is 45.2 Å². The highest BCUT2D eigenvalue weighted by Crippen LogP contribution is 2.48. The van der Waals surface area contributed by atoms with E-state index in [0.717, 1.165) is 41.8 Å². The Bertz CT molecular complexity index is 1100. The molecular weight excluding hydrogens is 426 g/mol. The van der Waals surface area contributed by atoms with Crippen molar-refractivity contribution in [2.75, 3.05) is 6.61 Å². The summed E-state index contributed by atoms with van der Waals surface area (Å²) in [6, 6.07) is 9.93. The number of carbonyl (C=O) groups excluding carboxylic acids is 1. The average Bonchev–Trinajstić information content (AvgIpc) is 3.09. The Morgan fingerprint density at radius 1 is 0.941 bits per heavy atom. The lowest BCUT2D eigenvalue weighted by Crippen LogP contribution is -2.52. The lowest BCUT2D eigenvalue weighted by atomic mass is 9.69. The fourth-order valence-corrected chi connectivity index (χ4v) is 7.96. The minimum absolute atomic E-state index is 0.0614. The predicted molar refractivity (Wildman–Crippen MR) is 132 cm³/mol. The van der Waals surface area contributed by atoms with Gasteiger partial charge in [-0.05, 0) is 75.8 Å². The van der Waals surface area contributed by atoms with E-state index >= 15 is 0 Å². The summed E-state index contributed by atoms with van der Waals surface area (Å²) < 4.78 is 7.10. The molecule has 6 rings (SSSR count). The van der Waals surface area contributed by atoms with E-state index in [1.807, 2.05) is 28.8 Å². The summed E-state index contributed by atoms with van der Waals surface area (Å²) in [6.45, 7) is 2.10. The van der Waals surface area contributed by atoms with Crippen LogP contribution in [0.25, 0.3) is 11.0 Å². The van der Waals surface area contributed by atoms with Crippen LogP contribution in [0.15, 0.2) is 29.1 Å². The number of hydrogen-bond acceptors (Lipinski definition) is 5. The Hall–Kier alpha value is -2.21. The molecule has 1 aromatic heterocycles. The molecule has 5 atom stereocenters. The zero-order chi connectivity index (χ0) is 23.2. The van der Waals surface area contributed by atoms with Gasteiger partial charge in [-0.2, -0.15) is 0 Å². The minimum atomic E-state index is -0.383. The number of aromatic nitrogens is 2. The van der Waals surface area contributed by atoms with Crippen LogP contribution in [0.1, 0.15) is 82.9 Å². The molecule has 0 N–H and O–H groups in total. The molecule has 2 saturated carbocycles. The fourth-order valence-electron chi connectivity index (χ4n) is 7.96. The first-order chi connectivity index (χ1) is 16.6. The normalized spacial score (nSPS) is 33.2. The maximum Gasteiger partial charge on any atom is 0.312 e. The highest BCUT2D eigenvalue weighted by molar-refractivity contribution is 5.77.